The Morgan fingerprint density at radius 2 is 1.72 bits per heavy atom. The fraction of sp³-hybridized carbons (Fsp3) is 0.0833. The van der Waals surface area contributed by atoms with Crippen LogP contribution in [0, 0.1) is 0 Å². The summed E-state index contributed by atoms with van der Waals surface area (Å²) in [6.45, 7) is 0. The van der Waals surface area contributed by atoms with E-state index in [1.807, 2.05) is 0 Å². The Morgan fingerprint density at radius 1 is 1.06 bits per heavy atom. The van der Waals surface area contributed by atoms with E-state index < -0.39 is 12.1 Å². The molecule has 1 aromatic carbocycles. The Morgan fingerprint density at radius 3 is 2.33 bits per heavy atom. The smallest absolute Gasteiger partial charge is 0.404 e. The number of rotatable bonds is 2. The Bertz CT molecular complexity index is 543. The summed E-state index contributed by atoms with van der Waals surface area (Å²) in [6.07, 6.45) is -1.83. The van der Waals surface area contributed by atoms with Crippen molar-refractivity contribution in [1.29, 1.82) is 0 Å². The second kappa shape index (κ2) is 4.86. The van der Waals surface area contributed by atoms with Crippen LogP contribution in [0.4, 0.5) is 13.2 Å². The summed E-state index contributed by atoms with van der Waals surface area (Å²) in [5, 5.41) is -0.0957. The van der Waals surface area contributed by atoms with Gasteiger partial charge in [0.15, 0.2) is 5.75 Å². The van der Waals surface area contributed by atoms with Crippen LogP contribution in [-0.4, -0.2) is 11.3 Å². The first-order chi connectivity index (χ1) is 8.47. The molecule has 2 aromatic rings. The van der Waals surface area contributed by atoms with E-state index in [2.05, 4.69) is 9.72 Å². The molecule has 0 unspecified atom stereocenters. The average molecular weight is 274 g/mol. The largest absolute Gasteiger partial charge is 0.573 e. The van der Waals surface area contributed by atoms with Crippen LogP contribution in [0.5, 0.6) is 5.75 Å². The third-order valence-corrected chi connectivity index (χ3v) is 2.47. The number of alkyl halides is 3. The van der Waals surface area contributed by atoms with Gasteiger partial charge >= 0.3 is 6.36 Å². The molecule has 0 aliphatic heterocycles. The predicted molar refractivity (Wildman–Crippen MR) is 61.4 cm³/mol. The zero-order valence-electron chi connectivity index (χ0n) is 8.91. The molecule has 0 aliphatic rings. The number of aromatic nitrogens is 1. The molecule has 0 saturated carbocycles. The summed E-state index contributed by atoms with van der Waals surface area (Å²) in [6, 6.07) is 7.56. The first-order valence-electron chi connectivity index (χ1n) is 4.92. The third kappa shape index (κ3) is 2.92. The molecule has 1 aromatic heterocycles. The molecule has 0 atom stereocenters. The normalized spacial score (nSPS) is 11.3. The highest BCUT2D eigenvalue weighted by molar-refractivity contribution is 6.32. The van der Waals surface area contributed by atoms with Gasteiger partial charge < -0.3 is 4.74 Å². The van der Waals surface area contributed by atoms with Gasteiger partial charge in [-0.3, -0.25) is 4.98 Å². The lowest BCUT2D eigenvalue weighted by Crippen LogP contribution is -2.18. The van der Waals surface area contributed by atoms with E-state index in [9.17, 15) is 13.2 Å². The van der Waals surface area contributed by atoms with Crippen molar-refractivity contribution in [1.82, 2.24) is 4.98 Å². The topological polar surface area (TPSA) is 22.1 Å². The van der Waals surface area contributed by atoms with Crippen LogP contribution in [0.15, 0.2) is 42.7 Å². The van der Waals surface area contributed by atoms with Crippen molar-refractivity contribution in [2.45, 2.75) is 6.36 Å². The molecule has 0 bridgehead atoms. The van der Waals surface area contributed by atoms with Crippen LogP contribution < -0.4 is 4.74 Å². The molecule has 0 radical (unpaired) electrons. The van der Waals surface area contributed by atoms with Crippen LogP contribution in [0.2, 0.25) is 5.02 Å². The maximum Gasteiger partial charge on any atom is 0.573 e. The molecule has 0 aliphatic carbocycles. The van der Waals surface area contributed by atoms with Gasteiger partial charge in [0.1, 0.15) is 0 Å². The monoisotopic (exact) mass is 273 g/mol. The fourth-order valence-electron chi connectivity index (χ4n) is 1.49. The molecule has 0 amide bonds. The molecule has 0 spiro atoms. The van der Waals surface area contributed by atoms with E-state index in [1.54, 1.807) is 18.2 Å². The summed E-state index contributed by atoms with van der Waals surface area (Å²) in [5.74, 6) is -0.405. The Balaban J connectivity index is 2.51. The second-order valence-corrected chi connectivity index (χ2v) is 3.81. The fourth-order valence-corrected chi connectivity index (χ4v) is 1.70. The van der Waals surface area contributed by atoms with Gasteiger partial charge in [0.2, 0.25) is 0 Å². The van der Waals surface area contributed by atoms with Crippen LogP contribution in [0.1, 0.15) is 0 Å². The number of pyridine rings is 1. The minimum Gasteiger partial charge on any atom is -0.404 e. The van der Waals surface area contributed by atoms with Gasteiger partial charge in [0.25, 0.3) is 0 Å². The maximum atomic E-state index is 12.3. The molecule has 0 saturated heterocycles. The summed E-state index contributed by atoms with van der Waals surface area (Å²) in [5.41, 5.74) is 0.814. The lowest BCUT2D eigenvalue weighted by molar-refractivity contribution is -0.274. The molecule has 6 heteroatoms. The van der Waals surface area contributed by atoms with Crippen LogP contribution in [0.25, 0.3) is 11.1 Å². The van der Waals surface area contributed by atoms with Gasteiger partial charge in [0.05, 0.1) is 5.02 Å². The molecule has 94 valence electrons. The van der Waals surface area contributed by atoms with Crippen molar-refractivity contribution in [3.8, 4) is 16.9 Å². The lowest BCUT2D eigenvalue weighted by atomic mass is 10.1. The molecular formula is C12H7ClF3NO. The van der Waals surface area contributed by atoms with Crippen molar-refractivity contribution in [2.24, 2.45) is 0 Å². The van der Waals surface area contributed by atoms with Gasteiger partial charge in [-0.25, -0.2) is 0 Å². The minimum atomic E-state index is -4.78. The van der Waals surface area contributed by atoms with E-state index in [4.69, 9.17) is 11.6 Å². The maximum absolute atomic E-state index is 12.3. The summed E-state index contributed by atoms with van der Waals surface area (Å²) in [4.78, 5) is 3.80. The number of nitrogens with zero attached hydrogens (tertiary/aromatic N) is 1. The Kier molecular flexibility index (Phi) is 3.43. The zero-order chi connectivity index (χ0) is 13.2. The Labute approximate surface area is 106 Å². The molecule has 0 N–H and O–H groups in total. The van der Waals surface area contributed by atoms with Gasteiger partial charge in [-0.15, -0.1) is 13.2 Å². The Hall–Kier alpha value is -1.75. The summed E-state index contributed by atoms with van der Waals surface area (Å²) >= 11 is 5.74. The number of hydrogen-bond donors (Lipinski definition) is 0. The summed E-state index contributed by atoms with van der Waals surface area (Å²) in [7, 11) is 0. The highest BCUT2D eigenvalue weighted by Crippen LogP contribution is 2.38. The molecule has 18 heavy (non-hydrogen) atoms. The quantitative estimate of drug-likeness (QED) is 0.814. The van der Waals surface area contributed by atoms with Gasteiger partial charge in [-0.2, -0.15) is 0 Å². The van der Waals surface area contributed by atoms with E-state index in [1.165, 1.54) is 24.5 Å². The van der Waals surface area contributed by atoms with E-state index >= 15 is 0 Å². The van der Waals surface area contributed by atoms with Gasteiger partial charge in [-0.05, 0) is 23.8 Å². The van der Waals surface area contributed by atoms with Crippen LogP contribution in [-0.2, 0) is 0 Å². The predicted octanol–water partition coefficient (Wildman–Crippen LogP) is 4.30. The molecule has 2 nitrogen and oxygen atoms in total. The van der Waals surface area contributed by atoms with Crippen molar-refractivity contribution < 1.29 is 17.9 Å². The molecule has 0 fully saturated rings. The summed E-state index contributed by atoms with van der Waals surface area (Å²) < 4.78 is 40.9. The second-order valence-electron chi connectivity index (χ2n) is 3.40. The van der Waals surface area contributed by atoms with Crippen molar-refractivity contribution in [3.63, 3.8) is 0 Å². The highest BCUT2D eigenvalue weighted by Gasteiger charge is 2.33. The number of ether oxygens (including phenoxy) is 1. The van der Waals surface area contributed by atoms with Crippen molar-refractivity contribution in [2.75, 3.05) is 0 Å². The number of hydrogen-bond acceptors (Lipinski definition) is 2. The first kappa shape index (κ1) is 12.7. The first-order valence-corrected chi connectivity index (χ1v) is 5.30. The zero-order valence-corrected chi connectivity index (χ0v) is 9.66. The number of para-hydroxylation sites is 1. The number of benzene rings is 1. The standard InChI is InChI=1S/C12H7ClF3NO/c13-10-3-1-2-9(8-4-6-17-7-5-8)11(10)18-12(14,15)16/h1-7H. The molecular weight excluding hydrogens is 267 g/mol. The minimum absolute atomic E-state index is 0.0957. The molecule has 2 rings (SSSR count). The van der Waals surface area contributed by atoms with E-state index in [0.717, 1.165) is 0 Å². The average Bonchev–Trinajstić information content (AvgIpc) is 2.31. The van der Waals surface area contributed by atoms with Crippen molar-refractivity contribution in [3.05, 3.63) is 47.7 Å². The molecule has 1 heterocycles. The highest BCUT2D eigenvalue weighted by atomic mass is 35.5. The van der Waals surface area contributed by atoms with E-state index in [0.29, 0.717) is 5.56 Å². The SMILES string of the molecule is FC(F)(F)Oc1c(Cl)cccc1-c1ccncc1. The van der Waals surface area contributed by atoms with Crippen LogP contribution in [0.3, 0.4) is 0 Å². The van der Waals surface area contributed by atoms with Gasteiger partial charge in [0, 0.05) is 18.0 Å². The van der Waals surface area contributed by atoms with Gasteiger partial charge in [-0.1, -0.05) is 23.7 Å². The van der Waals surface area contributed by atoms with Crippen LogP contribution >= 0.6 is 11.6 Å². The van der Waals surface area contributed by atoms with Crippen molar-refractivity contribution >= 4 is 11.6 Å². The van der Waals surface area contributed by atoms with E-state index in [-0.39, 0.29) is 10.6 Å². The lowest BCUT2D eigenvalue weighted by Gasteiger charge is -2.14. The third-order valence-electron chi connectivity index (χ3n) is 2.18. The number of halogens is 4.